The third kappa shape index (κ3) is 6.37. The molecule has 0 fully saturated rings. The standard InChI is InChI=1S/C24H26N4O3/c1-4-30-23(29)22-17(2)26-24(27-18(22)3)25-15-9-13-20-12-8-14-21(28-20)31-16-19-10-6-5-7-11-19/h5-14H,4,15-16H2,1-3H3,(H,25,26,27)/b13-9+. The summed E-state index contributed by atoms with van der Waals surface area (Å²) in [5.74, 6) is 0.632. The molecule has 0 bridgehead atoms. The number of anilines is 1. The number of pyridine rings is 1. The first-order valence-electron chi connectivity index (χ1n) is 10.1. The number of rotatable bonds is 9. The van der Waals surface area contributed by atoms with Crippen LogP contribution in [0.1, 0.15) is 39.9 Å². The Hall–Kier alpha value is -3.74. The predicted octanol–water partition coefficient (Wildman–Crippen LogP) is 4.37. The molecule has 0 spiro atoms. The monoisotopic (exact) mass is 418 g/mol. The van der Waals surface area contributed by atoms with E-state index in [1.807, 2.05) is 60.7 Å². The van der Waals surface area contributed by atoms with E-state index in [9.17, 15) is 4.79 Å². The highest BCUT2D eigenvalue weighted by molar-refractivity contribution is 5.91. The molecular formula is C24H26N4O3. The fraction of sp³-hybridized carbons (Fsp3) is 0.250. The minimum Gasteiger partial charge on any atom is -0.473 e. The lowest BCUT2D eigenvalue weighted by Crippen LogP contribution is -2.14. The molecule has 0 aliphatic heterocycles. The van der Waals surface area contributed by atoms with E-state index in [1.54, 1.807) is 20.8 Å². The van der Waals surface area contributed by atoms with Crippen LogP contribution in [0.5, 0.6) is 5.88 Å². The number of carbonyl (C=O) groups is 1. The molecule has 0 aliphatic rings. The Labute approximate surface area is 182 Å². The molecule has 0 radical (unpaired) electrons. The fourth-order valence-corrected chi connectivity index (χ4v) is 2.96. The lowest BCUT2D eigenvalue weighted by molar-refractivity contribution is 0.0523. The molecule has 0 aliphatic carbocycles. The van der Waals surface area contributed by atoms with Gasteiger partial charge in [-0.05, 0) is 38.5 Å². The second-order valence-electron chi connectivity index (χ2n) is 6.77. The van der Waals surface area contributed by atoms with Gasteiger partial charge in [-0.2, -0.15) is 0 Å². The van der Waals surface area contributed by atoms with E-state index in [2.05, 4.69) is 20.3 Å². The van der Waals surface area contributed by atoms with Crippen LogP contribution in [0, 0.1) is 13.8 Å². The van der Waals surface area contributed by atoms with Crippen molar-refractivity contribution in [3.8, 4) is 5.88 Å². The Morgan fingerprint density at radius 1 is 1.00 bits per heavy atom. The van der Waals surface area contributed by atoms with Gasteiger partial charge in [0.05, 0.1) is 23.7 Å². The molecule has 7 heteroatoms. The molecule has 0 unspecified atom stereocenters. The third-order valence-electron chi connectivity index (χ3n) is 4.39. The summed E-state index contributed by atoms with van der Waals surface area (Å²) in [6, 6.07) is 15.6. The smallest absolute Gasteiger partial charge is 0.341 e. The highest BCUT2D eigenvalue weighted by atomic mass is 16.5. The van der Waals surface area contributed by atoms with Crippen molar-refractivity contribution in [1.82, 2.24) is 15.0 Å². The molecule has 7 nitrogen and oxygen atoms in total. The van der Waals surface area contributed by atoms with Gasteiger partial charge in [0.15, 0.2) is 0 Å². The lowest BCUT2D eigenvalue weighted by Gasteiger charge is -2.10. The van der Waals surface area contributed by atoms with Crippen LogP contribution in [0.4, 0.5) is 5.95 Å². The van der Waals surface area contributed by atoms with Crippen LogP contribution in [0.25, 0.3) is 6.08 Å². The lowest BCUT2D eigenvalue weighted by atomic mass is 10.2. The van der Waals surface area contributed by atoms with Crippen LogP contribution in [0.3, 0.4) is 0 Å². The summed E-state index contributed by atoms with van der Waals surface area (Å²) < 4.78 is 10.8. The van der Waals surface area contributed by atoms with Gasteiger partial charge in [0.1, 0.15) is 12.2 Å². The Bertz CT molecular complexity index is 1030. The average molecular weight is 418 g/mol. The van der Waals surface area contributed by atoms with Crippen molar-refractivity contribution < 1.29 is 14.3 Å². The van der Waals surface area contributed by atoms with Gasteiger partial charge in [-0.3, -0.25) is 0 Å². The van der Waals surface area contributed by atoms with Crippen molar-refractivity contribution in [1.29, 1.82) is 0 Å². The molecule has 0 saturated heterocycles. The number of aromatic nitrogens is 3. The van der Waals surface area contributed by atoms with Gasteiger partial charge in [0.2, 0.25) is 11.8 Å². The normalized spacial score (nSPS) is 10.8. The molecule has 0 atom stereocenters. The Morgan fingerprint density at radius 2 is 1.74 bits per heavy atom. The van der Waals surface area contributed by atoms with Crippen LogP contribution in [0.2, 0.25) is 0 Å². The Balaban J connectivity index is 1.56. The van der Waals surface area contributed by atoms with Gasteiger partial charge in [0, 0.05) is 12.6 Å². The molecule has 3 aromatic rings. The van der Waals surface area contributed by atoms with Crippen LogP contribution in [-0.2, 0) is 11.3 Å². The summed E-state index contributed by atoms with van der Waals surface area (Å²) in [4.78, 5) is 25.2. The second-order valence-corrected chi connectivity index (χ2v) is 6.77. The van der Waals surface area contributed by atoms with Crippen LogP contribution in [0.15, 0.2) is 54.6 Å². The zero-order chi connectivity index (χ0) is 22.1. The topological polar surface area (TPSA) is 86.2 Å². The number of benzene rings is 1. The van der Waals surface area contributed by atoms with E-state index in [0.29, 0.717) is 48.5 Å². The second kappa shape index (κ2) is 10.9. The molecule has 2 aromatic heterocycles. The number of esters is 1. The van der Waals surface area contributed by atoms with Crippen molar-refractivity contribution >= 4 is 18.0 Å². The van der Waals surface area contributed by atoms with E-state index in [4.69, 9.17) is 9.47 Å². The zero-order valence-electron chi connectivity index (χ0n) is 18.0. The molecule has 1 aromatic carbocycles. The molecule has 2 heterocycles. The third-order valence-corrected chi connectivity index (χ3v) is 4.39. The first-order chi connectivity index (χ1) is 15.1. The summed E-state index contributed by atoms with van der Waals surface area (Å²) in [5, 5.41) is 3.14. The van der Waals surface area contributed by atoms with Crippen molar-refractivity contribution in [2.45, 2.75) is 27.4 Å². The van der Waals surface area contributed by atoms with Crippen molar-refractivity contribution in [3.05, 3.63) is 82.8 Å². The molecule has 3 rings (SSSR count). The summed E-state index contributed by atoms with van der Waals surface area (Å²) in [5.41, 5.74) is 3.47. The number of ether oxygens (including phenoxy) is 2. The van der Waals surface area contributed by atoms with E-state index in [1.165, 1.54) is 0 Å². The minimum absolute atomic E-state index is 0.315. The molecule has 1 N–H and O–H groups in total. The quantitative estimate of drug-likeness (QED) is 0.516. The summed E-state index contributed by atoms with van der Waals surface area (Å²) in [6.07, 6.45) is 3.83. The Kier molecular flexibility index (Phi) is 7.70. The Morgan fingerprint density at radius 3 is 2.45 bits per heavy atom. The van der Waals surface area contributed by atoms with Crippen LogP contribution < -0.4 is 10.1 Å². The van der Waals surface area contributed by atoms with Gasteiger partial charge < -0.3 is 14.8 Å². The molecule has 0 saturated carbocycles. The van der Waals surface area contributed by atoms with Gasteiger partial charge in [-0.1, -0.05) is 42.5 Å². The van der Waals surface area contributed by atoms with Gasteiger partial charge in [-0.15, -0.1) is 0 Å². The zero-order valence-corrected chi connectivity index (χ0v) is 18.0. The SMILES string of the molecule is CCOC(=O)c1c(C)nc(NC/C=C/c2cccc(OCc3ccccc3)n2)nc1C. The highest BCUT2D eigenvalue weighted by Crippen LogP contribution is 2.14. The molecule has 31 heavy (non-hydrogen) atoms. The number of carbonyl (C=O) groups excluding carboxylic acids is 1. The van der Waals surface area contributed by atoms with Gasteiger partial charge in [-0.25, -0.2) is 19.7 Å². The van der Waals surface area contributed by atoms with Gasteiger partial charge >= 0.3 is 5.97 Å². The number of nitrogens with one attached hydrogen (secondary N) is 1. The number of aryl methyl sites for hydroxylation is 2. The maximum Gasteiger partial charge on any atom is 0.341 e. The van der Waals surface area contributed by atoms with Crippen molar-refractivity contribution in [2.75, 3.05) is 18.5 Å². The average Bonchev–Trinajstić information content (AvgIpc) is 2.76. The predicted molar refractivity (Wildman–Crippen MR) is 120 cm³/mol. The van der Waals surface area contributed by atoms with Crippen LogP contribution in [-0.4, -0.2) is 34.1 Å². The van der Waals surface area contributed by atoms with E-state index >= 15 is 0 Å². The summed E-state index contributed by atoms with van der Waals surface area (Å²) in [6.45, 7) is 6.61. The van der Waals surface area contributed by atoms with Crippen molar-refractivity contribution in [3.63, 3.8) is 0 Å². The summed E-state index contributed by atoms with van der Waals surface area (Å²) in [7, 11) is 0. The fourth-order valence-electron chi connectivity index (χ4n) is 2.96. The van der Waals surface area contributed by atoms with Gasteiger partial charge in [0.25, 0.3) is 0 Å². The maximum absolute atomic E-state index is 12.0. The number of hydrogen-bond donors (Lipinski definition) is 1. The van der Waals surface area contributed by atoms with E-state index in [-0.39, 0.29) is 0 Å². The molecule has 0 amide bonds. The highest BCUT2D eigenvalue weighted by Gasteiger charge is 2.16. The maximum atomic E-state index is 12.0. The molecular weight excluding hydrogens is 392 g/mol. The van der Waals surface area contributed by atoms with E-state index in [0.717, 1.165) is 11.3 Å². The first-order valence-corrected chi connectivity index (χ1v) is 10.1. The van der Waals surface area contributed by atoms with Crippen molar-refractivity contribution in [2.24, 2.45) is 0 Å². The first kappa shape index (κ1) is 22.0. The molecule has 160 valence electrons. The van der Waals surface area contributed by atoms with E-state index < -0.39 is 5.97 Å². The number of hydrogen-bond acceptors (Lipinski definition) is 7. The largest absolute Gasteiger partial charge is 0.473 e. The number of nitrogens with zero attached hydrogens (tertiary/aromatic N) is 3. The summed E-state index contributed by atoms with van der Waals surface area (Å²) >= 11 is 0. The van der Waals surface area contributed by atoms with Crippen LogP contribution >= 0.6 is 0 Å². The minimum atomic E-state index is -0.399.